The van der Waals surface area contributed by atoms with Crippen LogP contribution in [0.5, 0.6) is 0 Å². The number of nitrogens with two attached hydrogens (primary N) is 1. The molecule has 98 valence electrons. The first kappa shape index (κ1) is 12.1. The zero-order valence-corrected chi connectivity index (χ0v) is 10.7. The summed E-state index contributed by atoms with van der Waals surface area (Å²) >= 11 is 0. The second kappa shape index (κ2) is 4.97. The van der Waals surface area contributed by atoms with Crippen molar-refractivity contribution in [3.63, 3.8) is 0 Å². The highest BCUT2D eigenvalue weighted by Gasteiger charge is 2.29. The summed E-state index contributed by atoms with van der Waals surface area (Å²) in [5.41, 5.74) is 6.28. The first-order valence-electron chi connectivity index (χ1n) is 6.66. The van der Waals surface area contributed by atoms with E-state index < -0.39 is 0 Å². The van der Waals surface area contributed by atoms with E-state index in [0.29, 0.717) is 12.2 Å². The highest BCUT2D eigenvalue weighted by Crippen LogP contribution is 2.22. The van der Waals surface area contributed by atoms with Gasteiger partial charge in [-0.25, -0.2) is 0 Å². The normalized spacial score (nSPS) is 19.0. The van der Waals surface area contributed by atoms with E-state index >= 15 is 0 Å². The van der Waals surface area contributed by atoms with Gasteiger partial charge in [0.1, 0.15) is 5.69 Å². The van der Waals surface area contributed by atoms with Crippen LogP contribution in [0.1, 0.15) is 23.3 Å². The third-order valence-corrected chi connectivity index (χ3v) is 3.79. The van der Waals surface area contributed by atoms with Gasteiger partial charge >= 0.3 is 0 Å². The van der Waals surface area contributed by atoms with E-state index in [1.165, 1.54) is 0 Å². The van der Waals surface area contributed by atoms with Gasteiger partial charge in [0.25, 0.3) is 5.91 Å². The fraction of sp³-hybridized carbons (Fsp3) is 0.333. The molecule has 0 bridgehead atoms. The van der Waals surface area contributed by atoms with Crippen molar-refractivity contribution in [3.8, 4) is 0 Å². The van der Waals surface area contributed by atoms with Gasteiger partial charge in [0.05, 0.1) is 0 Å². The summed E-state index contributed by atoms with van der Waals surface area (Å²) < 4.78 is 0. The predicted molar refractivity (Wildman–Crippen MR) is 74.9 cm³/mol. The molecule has 0 spiro atoms. The molecule has 2 N–H and O–H groups in total. The van der Waals surface area contributed by atoms with Crippen LogP contribution in [0.4, 0.5) is 0 Å². The van der Waals surface area contributed by atoms with Crippen LogP contribution >= 0.6 is 0 Å². The molecular formula is C15H17N3O. The van der Waals surface area contributed by atoms with Crippen molar-refractivity contribution in [2.45, 2.75) is 18.9 Å². The number of pyridine rings is 1. The van der Waals surface area contributed by atoms with Crippen molar-refractivity contribution in [2.24, 2.45) is 5.73 Å². The third kappa shape index (κ3) is 2.08. The maximum absolute atomic E-state index is 12.6. The number of benzene rings is 1. The Labute approximate surface area is 112 Å². The number of rotatable bonds is 2. The van der Waals surface area contributed by atoms with Gasteiger partial charge in [-0.3, -0.25) is 9.78 Å². The van der Waals surface area contributed by atoms with E-state index in [4.69, 9.17) is 5.73 Å². The highest BCUT2D eigenvalue weighted by atomic mass is 16.2. The van der Waals surface area contributed by atoms with Crippen molar-refractivity contribution >= 4 is 16.7 Å². The first-order chi connectivity index (χ1) is 9.31. The molecule has 1 aliphatic rings. The predicted octanol–water partition coefficient (Wildman–Crippen LogP) is 1.80. The fourth-order valence-corrected chi connectivity index (χ4v) is 2.77. The molecule has 1 amide bonds. The van der Waals surface area contributed by atoms with E-state index in [2.05, 4.69) is 4.98 Å². The summed E-state index contributed by atoms with van der Waals surface area (Å²) in [4.78, 5) is 18.8. The maximum Gasteiger partial charge on any atom is 0.273 e. The summed E-state index contributed by atoms with van der Waals surface area (Å²) in [6.45, 7) is 1.31. The summed E-state index contributed by atoms with van der Waals surface area (Å²) in [7, 11) is 0. The Morgan fingerprint density at radius 3 is 3.05 bits per heavy atom. The zero-order chi connectivity index (χ0) is 13.2. The van der Waals surface area contributed by atoms with E-state index in [1.54, 1.807) is 6.20 Å². The van der Waals surface area contributed by atoms with Crippen LogP contribution in [0.2, 0.25) is 0 Å². The minimum atomic E-state index is 0.00440. The van der Waals surface area contributed by atoms with Crippen molar-refractivity contribution < 1.29 is 4.79 Å². The minimum Gasteiger partial charge on any atom is -0.333 e. The molecule has 0 aliphatic carbocycles. The number of hydrogen-bond donors (Lipinski definition) is 1. The summed E-state index contributed by atoms with van der Waals surface area (Å²) in [5.74, 6) is 0.00440. The van der Waals surface area contributed by atoms with Crippen molar-refractivity contribution in [2.75, 3.05) is 13.1 Å². The lowest BCUT2D eigenvalue weighted by Gasteiger charge is -2.23. The Balaban J connectivity index is 2.02. The molecule has 0 radical (unpaired) electrons. The standard InChI is InChI=1S/C15H17N3O/c16-10-12-5-3-9-18(12)15(19)14-13-6-2-1-4-11(13)7-8-17-14/h1-2,4,6-8,12H,3,5,9-10,16H2. The van der Waals surface area contributed by atoms with Gasteiger partial charge in [0.15, 0.2) is 0 Å². The van der Waals surface area contributed by atoms with Crippen molar-refractivity contribution in [1.29, 1.82) is 0 Å². The van der Waals surface area contributed by atoms with Crippen LogP contribution in [0.15, 0.2) is 36.5 Å². The largest absolute Gasteiger partial charge is 0.333 e. The molecule has 2 heterocycles. The molecule has 1 fully saturated rings. The van der Waals surface area contributed by atoms with Gasteiger partial charge in [-0.1, -0.05) is 24.3 Å². The highest BCUT2D eigenvalue weighted by molar-refractivity contribution is 6.05. The lowest BCUT2D eigenvalue weighted by molar-refractivity contribution is 0.0737. The van der Waals surface area contributed by atoms with E-state index in [9.17, 15) is 4.79 Å². The van der Waals surface area contributed by atoms with Gasteiger partial charge in [0, 0.05) is 30.7 Å². The smallest absolute Gasteiger partial charge is 0.273 e. The molecule has 2 aromatic rings. The van der Waals surface area contributed by atoms with Gasteiger partial charge in [-0.2, -0.15) is 0 Å². The molecule has 3 rings (SSSR count). The van der Waals surface area contributed by atoms with E-state index in [1.807, 2.05) is 35.2 Å². The number of likely N-dealkylation sites (tertiary alicyclic amines) is 1. The molecule has 4 heteroatoms. The zero-order valence-electron chi connectivity index (χ0n) is 10.7. The van der Waals surface area contributed by atoms with Crippen LogP contribution in [-0.4, -0.2) is 34.9 Å². The van der Waals surface area contributed by atoms with Crippen LogP contribution in [0, 0.1) is 0 Å². The van der Waals surface area contributed by atoms with Gasteiger partial charge < -0.3 is 10.6 Å². The second-order valence-electron chi connectivity index (χ2n) is 4.91. The monoisotopic (exact) mass is 255 g/mol. The molecule has 4 nitrogen and oxygen atoms in total. The molecule has 1 atom stereocenters. The lowest BCUT2D eigenvalue weighted by atomic mass is 10.1. The molecule has 1 unspecified atom stereocenters. The molecule has 1 aromatic heterocycles. The number of carbonyl (C=O) groups excluding carboxylic acids is 1. The molecule has 1 saturated heterocycles. The molecule has 0 saturated carbocycles. The fourth-order valence-electron chi connectivity index (χ4n) is 2.77. The van der Waals surface area contributed by atoms with Gasteiger partial charge in [-0.05, 0) is 24.3 Å². The molecule has 1 aliphatic heterocycles. The number of fused-ring (bicyclic) bond motifs is 1. The molecular weight excluding hydrogens is 238 g/mol. The minimum absolute atomic E-state index is 0.00440. The quantitative estimate of drug-likeness (QED) is 0.890. The number of nitrogens with zero attached hydrogens (tertiary/aromatic N) is 2. The third-order valence-electron chi connectivity index (χ3n) is 3.79. The summed E-state index contributed by atoms with van der Waals surface area (Å²) in [6, 6.07) is 9.94. The average Bonchev–Trinajstić information content (AvgIpc) is 2.94. The Morgan fingerprint density at radius 1 is 1.37 bits per heavy atom. The average molecular weight is 255 g/mol. The second-order valence-corrected chi connectivity index (χ2v) is 4.91. The summed E-state index contributed by atoms with van der Waals surface area (Å²) in [6.07, 6.45) is 3.72. The van der Waals surface area contributed by atoms with Crippen LogP contribution in [-0.2, 0) is 0 Å². The van der Waals surface area contributed by atoms with E-state index in [0.717, 1.165) is 30.2 Å². The lowest BCUT2D eigenvalue weighted by Crippen LogP contribution is -2.40. The number of amides is 1. The van der Waals surface area contributed by atoms with Crippen molar-refractivity contribution in [1.82, 2.24) is 9.88 Å². The molecule has 19 heavy (non-hydrogen) atoms. The Morgan fingerprint density at radius 2 is 2.21 bits per heavy atom. The Kier molecular flexibility index (Phi) is 3.17. The number of carbonyl (C=O) groups is 1. The SMILES string of the molecule is NCC1CCCN1C(=O)c1nccc2ccccc12. The topological polar surface area (TPSA) is 59.2 Å². The Bertz CT molecular complexity index is 606. The Hall–Kier alpha value is -1.94. The van der Waals surface area contributed by atoms with Gasteiger partial charge in [0.2, 0.25) is 0 Å². The number of aromatic nitrogens is 1. The van der Waals surface area contributed by atoms with Crippen LogP contribution < -0.4 is 5.73 Å². The number of hydrogen-bond acceptors (Lipinski definition) is 3. The molecule has 1 aromatic carbocycles. The van der Waals surface area contributed by atoms with E-state index in [-0.39, 0.29) is 11.9 Å². The summed E-state index contributed by atoms with van der Waals surface area (Å²) in [5, 5.41) is 1.96. The van der Waals surface area contributed by atoms with Gasteiger partial charge in [-0.15, -0.1) is 0 Å². The van der Waals surface area contributed by atoms with Crippen molar-refractivity contribution in [3.05, 3.63) is 42.2 Å². The van der Waals surface area contributed by atoms with Crippen LogP contribution in [0.3, 0.4) is 0 Å². The first-order valence-corrected chi connectivity index (χ1v) is 6.66. The van der Waals surface area contributed by atoms with Crippen LogP contribution in [0.25, 0.3) is 10.8 Å². The maximum atomic E-state index is 12.6.